The Kier molecular flexibility index (Phi) is 7.56. The zero-order chi connectivity index (χ0) is 12.5. The highest BCUT2D eigenvalue weighted by molar-refractivity contribution is 14.1. The fourth-order valence-electron chi connectivity index (χ4n) is 1.92. The zero-order valence-corrected chi connectivity index (χ0v) is 12.8. The first kappa shape index (κ1) is 14.7. The van der Waals surface area contributed by atoms with Gasteiger partial charge in [-0.15, -0.1) is 0 Å². The van der Waals surface area contributed by atoms with Gasteiger partial charge in [0.15, 0.2) is 0 Å². The molecule has 0 aliphatic carbocycles. The maximum Gasteiger partial charge on any atom is 0.250 e. The van der Waals surface area contributed by atoms with Gasteiger partial charge in [-0.2, -0.15) is 0 Å². The van der Waals surface area contributed by atoms with Crippen LogP contribution in [0.4, 0.5) is 0 Å². The molecule has 0 saturated carbocycles. The zero-order valence-electron chi connectivity index (χ0n) is 10.6. The molecule has 2 nitrogen and oxygen atoms in total. The number of pyridine rings is 1. The molecule has 0 saturated heterocycles. The molecule has 1 rings (SSSR count). The van der Waals surface area contributed by atoms with Gasteiger partial charge in [-0.1, -0.05) is 45.4 Å². The molecule has 1 aromatic rings. The van der Waals surface area contributed by atoms with E-state index in [4.69, 9.17) is 0 Å². The first-order valence-electron chi connectivity index (χ1n) is 6.60. The molecular weight excluding hydrogens is 325 g/mol. The van der Waals surface area contributed by atoms with E-state index in [0.29, 0.717) is 0 Å². The van der Waals surface area contributed by atoms with Crippen molar-refractivity contribution in [3.8, 4) is 0 Å². The molecule has 0 aliphatic heterocycles. The summed E-state index contributed by atoms with van der Waals surface area (Å²) in [4.78, 5) is 11.5. The summed E-state index contributed by atoms with van der Waals surface area (Å²) < 4.78 is 2.96. The maximum atomic E-state index is 11.5. The Morgan fingerprint density at radius 1 is 1.06 bits per heavy atom. The number of nitrogens with zero attached hydrogens (tertiary/aromatic N) is 1. The van der Waals surface area contributed by atoms with E-state index in [1.807, 2.05) is 16.8 Å². The predicted molar refractivity (Wildman–Crippen MR) is 81.4 cm³/mol. The molecule has 0 amide bonds. The third kappa shape index (κ3) is 6.24. The van der Waals surface area contributed by atoms with E-state index in [1.54, 1.807) is 6.07 Å². The van der Waals surface area contributed by atoms with Crippen LogP contribution in [0, 0.1) is 3.57 Å². The Labute approximate surface area is 118 Å². The molecule has 0 aromatic carbocycles. The monoisotopic (exact) mass is 347 g/mol. The van der Waals surface area contributed by atoms with Crippen LogP contribution in [0.5, 0.6) is 0 Å². The summed E-state index contributed by atoms with van der Waals surface area (Å²) in [6.07, 6.45) is 11.0. The first-order chi connectivity index (χ1) is 8.24. The summed E-state index contributed by atoms with van der Waals surface area (Å²) in [6, 6.07) is 3.52. The predicted octanol–water partition coefficient (Wildman–Crippen LogP) is 4.20. The van der Waals surface area contributed by atoms with Gasteiger partial charge in [0.25, 0.3) is 5.56 Å². The van der Waals surface area contributed by atoms with E-state index in [2.05, 4.69) is 29.5 Å². The molecule has 96 valence electrons. The minimum atomic E-state index is 0.122. The second-order valence-corrected chi connectivity index (χ2v) is 5.75. The second-order valence-electron chi connectivity index (χ2n) is 4.50. The molecule has 0 bridgehead atoms. The van der Waals surface area contributed by atoms with Crippen molar-refractivity contribution in [2.24, 2.45) is 0 Å². The summed E-state index contributed by atoms with van der Waals surface area (Å²) in [5.41, 5.74) is 0.122. The molecule has 0 atom stereocenters. The summed E-state index contributed by atoms with van der Waals surface area (Å²) in [6.45, 7) is 3.10. The molecule has 0 radical (unpaired) electrons. The van der Waals surface area contributed by atoms with E-state index >= 15 is 0 Å². The van der Waals surface area contributed by atoms with Gasteiger partial charge >= 0.3 is 0 Å². The number of halogens is 1. The number of hydrogen-bond donors (Lipinski definition) is 0. The lowest BCUT2D eigenvalue weighted by Gasteiger charge is -2.05. The fourth-order valence-corrected chi connectivity index (χ4v) is 2.43. The van der Waals surface area contributed by atoms with Crippen molar-refractivity contribution < 1.29 is 0 Å². The molecule has 17 heavy (non-hydrogen) atoms. The van der Waals surface area contributed by atoms with E-state index < -0.39 is 0 Å². The highest BCUT2D eigenvalue weighted by atomic mass is 127. The van der Waals surface area contributed by atoms with Crippen LogP contribution in [0.15, 0.2) is 23.1 Å². The first-order valence-corrected chi connectivity index (χ1v) is 7.68. The van der Waals surface area contributed by atoms with E-state index in [1.165, 1.54) is 38.5 Å². The van der Waals surface area contributed by atoms with Crippen molar-refractivity contribution in [2.75, 3.05) is 0 Å². The van der Waals surface area contributed by atoms with Crippen LogP contribution < -0.4 is 5.56 Å². The lowest BCUT2D eigenvalue weighted by Crippen LogP contribution is -2.18. The van der Waals surface area contributed by atoms with Gasteiger partial charge in [-0.25, -0.2) is 0 Å². The van der Waals surface area contributed by atoms with Crippen LogP contribution >= 0.6 is 22.6 Å². The summed E-state index contributed by atoms with van der Waals surface area (Å²) >= 11 is 2.25. The normalized spacial score (nSPS) is 10.7. The largest absolute Gasteiger partial charge is 0.314 e. The van der Waals surface area contributed by atoms with E-state index in [0.717, 1.165) is 16.5 Å². The molecule has 0 spiro atoms. The second kappa shape index (κ2) is 8.72. The third-order valence-corrected chi connectivity index (χ3v) is 3.59. The van der Waals surface area contributed by atoms with Gasteiger partial charge in [0.2, 0.25) is 0 Å². The van der Waals surface area contributed by atoms with Gasteiger partial charge < -0.3 is 4.57 Å². The van der Waals surface area contributed by atoms with Crippen molar-refractivity contribution in [2.45, 2.75) is 58.4 Å². The van der Waals surface area contributed by atoms with Gasteiger partial charge in [-0.05, 0) is 35.1 Å². The fraction of sp³-hybridized carbons (Fsp3) is 0.643. The van der Waals surface area contributed by atoms with Gasteiger partial charge in [0, 0.05) is 22.4 Å². The quantitative estimate of drug-likeness (QED) is 0.510. The van der Waals surface area contributed by atoms with Crippen LogP contribution in [-0.4, -0.2) is 4.57 Å². The third-order valence-electron chi connectivity index (χ3n) is 2.95. The average Bonchev–Trinajstić information content (AvgIpc) is 2.32. The SMILES string of the molecule is CCCCCCCCCn1cc(I)ccc1=O. The summed E-state index contributed by atoms with van der Waals surface area (Å²) in [5, 5.41) is 0. The highest BCUT2D eigenvalue weighted by Gasteiger charge is 1.97. The van der Waals surface area contributed by atoms with Crippen LogP contribution in [0.25, 0.3) is 0 Å². The average molecular weight is 347 g/mol. The number of aromatic nitrogens is 1. The smallest absolute Gasteiger partial charge is 0.250 e. The number of hydrogen-bond acceptors (Lipinski definition) is 1. The molecule has 0 aliphatic rings. The molecular formula is C14H22INO. The number of aryl methyl sites for hydroxylation is 1. The Morgan fingerprint density at radius 3 is 2.41 bits per heavy atom. The lowest BCUT2D eigenvalue weighted by atomic mass is 10.1. The molecule has 3 heteroatoms. The lowest BCUT2D eigenvalue weighted by molar-refractivity contribution is 0.542. The minimum Gasteiger partial charge on any atom is -0.314 e. The molecule has 1 heterocycles. The van der Waals surface area contributed by atoms with Gasteiger partial charge in [-0.3, -0.25) is 4.79 Å². The van der Waals surface area contributed by atoms with Crippen LogP contribution in [0.3, 0.4) is 0 Å². The van der Waals surface area contributed by atoms with Crippen LogP contribution in [0.1, 0.15) is 51.9 Å². The maximum absolute atomic E-state index is 11.5. The Morgan fingerprint density at radius 2 is 1.71 bits per heavy atom. The summed E-state index contributed by atoms with van der Waals surface area (Å²) in [7, 11) is 0. The number of rotatable bonds is 8. The molecule has 0 N–H and O–H groups in total. The molecule has 1 aromatic heterocycles. The molecule has 0 unspecified atom stereocenters. The minimum absolute atomic E-state index is 0.122. The van der Waals surface area contributed by atoms with Crippen molar-refractivity contribution in [3.05, 3.63) is 32.3 Å². The Bertz CT molecular complexity index is 373. The van der Waals surface area contributed by atoms with Gasteiger partial charge in [0.05, 0.1) is 0 Å². The van der Waals surface area contributed by atoms with Crippen LogP contribution in [-0.2, 0) is 6.54 Å². The van der Waals surface area contributed by atoms with E-state index in [9.17, 15) is 4.79 Å². The van der Waals surface area contributed by atoms with Crippen LogP contribution in [0.2, 0.25) is 0 Å². The van der Waals surface area contributed by atoms with Gasteiger partial charge in [0.1, 0.15) is 0 Å². The Hall–Kier alpha value is -0.320. The Balaban J connectivity index is 2.18. The van der Waals surface area contributed by atoms with Crippen molar-refractivity contribution in [1.29, 1.82) is 0 Å². The standard InChI is InChI=1S/C14H22INO/c1-2-3-4-5-6-7-8-11-16-12-13(15)9-10-14(16)17/h9-10,12H,2-8,11H2,1H3. The number of unbranched alkanes of at least 4 members (excludes halogenated alkanes) is 6. The van der Waals surface area contributed by atoms with Crippen molar-refractivity contribution >= 4 is 22.6 Å². The topological polar surface area (TPSA) is 22.0 Å². The van der Waals surface area contributed by atoms with Crippen molar-refractivity contribution in [3.63, 3.8) is 0 Å². The molecule has 0 fully saturated rings. The van der Waals surface area contributed by atoms with E-state index in [-0.39, 0.29) is 5.56 Å². The highest BCUT2D eigenvalue weighted by Crippen LogP contribution is 2.08. The van der Waals surface area contributed by atoms with Crippen molar-refractivity contribution in [1.82, 2.24) is 4.57 Å². The summed E-state index contributed by atoms with van der Waals surface area (Å²) in [5.74, 6) is 0.